The summed E-state index contributed by atoms with van der Waals surface area (Å²) in [7, 11) is 0. The summed E-state index contributed by atoms with van der Waals surface area (Å²) in [4.78, 5) is 22.4. The molecule has 0 aliphatic heterocycles. The summed E-state index contributed by atoms with van der Waals surface area (Å²) in [5.41, 5.74) is 0. The zero-order valence-corrected chi connectivity index (χ0v) is 11.9. The Labute approximate surface area is 115 Å². The zero-order valence-electron chi connectivity index (χ0n) is 11.9. The van der Waals surface area contributed by atoms with Crippen LogP contribution in [-0.4, -0.2) is 18.2 Å². The van der Waals surface area contributed by atoms with Crippen LogP contribution >= 0.6 is 0 Å². The van der Waals surface area contributed by atoms with E-state index in [1.165, 1.54) is 6.42 Å². The number of ether oxygens (including phenoxy) is 2. The first-order chi connectivity index (χ1) is 9.04. The third-order valence-electron chi connectivity index (χ3n) is 2.78. The van der Waals surface area contributed by atoms with Gasteiger partial charge in [0, 0.05) is 18.1 Å². The summed E-state index contributed by atoms with van der Waals surface area (Å²) in [6, 6.07) is 0. The van der Waals surface area contributed by atoms with Crippen molar-refractivity contribution < 1.29 is 19.1 Å². The lowest BCUT2D eigenvalue weighted by Crippen LogP contribution is -2.29. The molecule has 0 saturated carbocycles. The highest BCUT2D eigenvalue weighted by Crippen LogP contribution is 2.18. The molecule has 19 heavy (non-hydrogen) atoms. The summed E-state index contributed by atoms with van der Waals surface area (Å²) in [5.74, 6) is -1.24. The molecule has 4 heteroatoms. The molecule has 0 fully saturated rings. The molecule has 0 saturated heterocycles. The largest absolute Gasteiger partial charge is 0.422 e. The molecule has 0 spiro atoms. The van der Waals surface area contributed by atoms with Crippen molar-refractivity contribution in [3.63, 3.8) is 0 Å². The molecule has 0 radical (unpaired) electrons. The Hall–Kier alpha value is -1.58. The molecule has 0 aromatic heterocycles. The molecule has 1 atom stereocenters. The number of esters is 2. The van der Waals surface area contributed by atoms with E-state index in [9.17, 15) is 9.59 Å². The number of hydrogen-bond donors (Lipinski definition) is 0. The Balaban J connectivity index is 4.35. The van der Waals surface area contributed by atoms with Gasteiger partial charge in [-0.2, -0.15) is 0 Å². The van der Waals surface area contributed by atoms with E-state index in [2.05, 4.69) is 20.1 Å². The molecule has 0 heterocycles. The van der Waals surface area contributed by atoms with E-state index in [1.54, 1.807) is 0 Å². The quantitative estimate of drug-likeness (QED) is 0.264. The number of rotatable bonds is 10. The highest BCUT2D eigenvalue weighted by Gasteiger charge is 2.23. The maximum Gasteiger partial charge on any atom is 0.333 e. The van der Waals surface area contributed by atoms with Crippen LogP contribution in [0.2, 0.25) is 0 Å². The standard InChI is InChI=1S/C15H24O4/c1-5-8-9-10-11-12(4)15(18-13(16)6-2)19-14(17)7-3/h6-7,12,15H,2-3,5,8-11H2,1,4H3. The van der Waals surface area contributed by atoms with Crippen LogP contribution in [0.25, 0.3) is 0 Å². The van der Waals surface area contributed by atoms with Gasteiger partial charge in [-0.3, -0.25) is 0 Å². The fraction of sp³-hybridized carbons (Fsp3) is 0.600. The minimum Gasteiger partial charge on any atom is -0.422 e. The van der Waals surface area contributed by atoms with Gasteiger partial charge in [0.15, 0.2) is 0 Å². The summed E-state index contributed by atoms with van der Waals surface area (Å²) < 4.78 is 10.1. The van der Waals surface area contributed by atoms with Gasteiger partial charge < -0.3 is 9.47 Å². The second kappa shape index (κ2) is 10.4. The van der Waals surface area contributed by atoms with Gasteiger partial charge in [0.2, 0.25) is 0 Å². The lowest BCUT2D eigenvalue weighted by Gasteiger charge is -2.22. The Bertz CT molecular complexity index is 287. The normalized spacial score (nSPS) is 11.7. The van der Waals surface area contributed by atoms with Gasteiger partial charge in [-0.25, -0.2) is 9.59 Å². The average molecular weight is 268 g/mol. The molecular formula is C15H24O4. The van der Waals surface area contributed by atoms with E-state index >= 15 is 0 Å². The first-order valence-corrected chi connectivity index (χ1v) is 6.71. The molecule has 0 aliphatic rings. The SMILES string of the molecule is C=CC(=O)OC(OC(=O)C=C)C(C)CCCCCC. The van der Waals surface area contributed by atoms with E-state index in [-0.39, 0.29) is 5.92 Å². The maximum absolute atomic E-state index is 11.2. The van der Waals surface area contributed by atoms with Crippen molar-refractivity contribution in [2.75, 3.05) is 0 Å². The fourth-order valence-corrected chi connectivity index (χ4v) is 1.61. The Kier molecular flexibility index (Phi) is 9.49. The van der Waals surface area contributed by atoms with Crippen molar-refractivity contribution in [1.82, 2.24) is 0 Å². The Morgan fingerprint density at radius 1 is 1.05 bits per heavy atom. The van der Waals surface area contributed by atoms with Crippen molar-refractivity contribution in [2.24, 2.45) is 5.92 Å². The lowest BCUT2D eigenvalue weighted by atomic mass is 10.0. The summed E-state index contributed by atoms with van der Waals surface area (Å²) >= 11 is 0. The molecule has 0 rings (SSSR count). The van der Waals surface area contributed by atoms with Crippen LogP contribution < -0.4 is 0 Å². The number of hydrogen-bond acceptors (Lipinski definition) is 4. The molecule has 0 aromatic rings. The minimum absolute atomic E-state index is 0.0512. The highest BCUT2D eigenvalue weighted by molar-refractivity contribution is 5.83. The van der Waals surface area contributed by atoms with Crippen LogP contribution in [0.4, 0.5) is 0 Å². The van der Waals surface area contributed by atoms with Gasteiger partial charge >= 0.3 is 11.9 Å². The molecule has 0 aromatic carbocycles. The second-order valence-corrected chi connectivity index (χ2v) is 4.48. The van der Waals surface area contributed by atoms with E-state index in [0.29, 0.717) is 0 Å². The fourth-order valence-electron chi connectivity index (χ4n) is 1.61. The lowest BCUT2D eigenvalue weighted by molar-refractivity contribution is -0.190. The van der Waals surface area contributed by atoms with Crippen molar-refractivity contribution in [2.45, 2.75) is 52.2 Å². The van der Waals surface area contributed by atoms with Gasteiger partial charge in [-0.05, 0) is 6.42 Å². The summed E-state index contributed by atoms with van der Waals surface area (Å²) in [6.07, 6.45) is 6.54. The van der Waals surface area contributed by atoms with E-state index < -0.39 is 18.2 Å². The van der Waals surface area contributed by atoms with Gasteiger partial charge in [0.25, 0.3) is 6.29 Å². The van der Waals surface area contributed by atoms with Crippen LogP contribution in [0.1, 0.15) is 46.0 Å². The van der Waals surface area contributed by atoms with E-state index in [0.717, 1.165) is 37.8 Å². The van der Waals surface area contributed by atoms with Crippen LogP contribution in [0.5, 0.6) is 0 Å². The van der Waals surface area contributed by atoms with Crippen molar-refractivity contribution in [1.29, 1.82) is 0 Å². The molecular weight excluding hydrogens is 244 g/mol. The number of unbranched alkanes of at least 4 members (excludes halogenated alkanes) is 3. The first-order valence-electron chi connectivity index (χ1n) is 6.71. The van der Waals surface area contributed by atoms with Crippen LogP contribution in [0.15, 0.2) is 25.3 Å². The van der Waals surface area contributed by atoms with E-state index in [4.69, 9.17) is 9.47 Å². The molecule has 0 N–H and O–H groups in total. The maximum atomic E-state index is 11.2. The predicted molar refractivity (Wildman–Crippen MR) is 74.3 cm³/mol. The molecule has 1 unspecified atom stereocenters. The van der Waals surface area contributed by atoms with Crippen LogP contribution in [0, 0.1) is 5.92 Å². The van der Waals surface area contributed by atoms with Gasteiger partial charge in [0.05, 0.1) is 0 Å². The molecule has 0 bridgehead atoms. The third kappa shape index (κ3) is 8.19. The summed E-state index contributed by atoms with van der Waals surface area (Å²) in [6.45, 7) is 10.7. The predicted octanol–water partition coefficient (Wildman–Crippen LogP) is 3.38. The van der Waals surface area contributed by atoms with E-state index in [1.807, 2.05) is 6.92 Å². The van der Waals surface area contributed by atoms with Gasteiger partial charge in [-0.1, -0.05) is 52.7 Å². The third-order valence-corrected chi connectivity index (χ3v) is 2.78. The topological polar surface area (TPSA) is 52.6 Å². The second-order valence-electron chi connectivity index (χ2n) is 4.48. The van der Waals surface area contributed by atoms with Crippen molar-refractivity contribution >= 4 is 11.9 Å². The van der Waals surface area contributed by atoms with Crippen molar-refractivity contribution in [3.05, 3.63) is 25.3 Å². The van der Waals surface area contributed by atoms with Crippen LogP contribution in [-0.2, 0) is 19.1 Å². The molecule has 0 amide bonds. The van der Waals surface area contributed by atoms with Gasteiger partial charge in [0.1, 0.15) is 0 Å². The smallest absolute Gasteiger partial charge is 0.333 e. The molecule has 108 valence electrons. The average Bonchev–Trinajstić information content (AvgIpc) is 2.42. The first kappa shape index (κ1) is 17.4. The molecule has 4 nitrogen and oxygen atoms in total. The van der Waals surface area contributed by atoms with Crippen LogP contribution in [0.3, 0.4) is 0 Å². The molecule has 0 aliphatic carbocycles. The highest BCUT2D eigenvalue weighted by atomic mass is 16.7. The number of carbonyl (C=O) groups is 2. The number of carbonyl (C=O) groups excluding carboxylic acids is 2. The van der Waals surface area contributed by atoms with Gasteiger partial charge in [-0.15, -0.1) is 0 Å². The minimum atomic E-state index is -0.877. The Morgan fingerprint density at radius 3 is 2.00 bits per heavy atom. The Morgan fingerprint density at radius 2 is 1.58 bits per heavy atom. The zero-order chi connectivity index (χ0) is 14.7. The monoisotopic (exact) mass is 268 g/mol. The summed E-state index contributed by atoms with van der Waals surface area (Å²) in [5, 5.41) is 0. The van der Waals surface area contributed by atoms with Crippen molar-refractivity contribution in [3.8, 4) is 0 Å².